The Hall–Kier alpha value is -0.990. The van der Waals surface area contributed by atoms with Gasteiger partial charge in [0.05, 0.1) is 5.56 Å². The van der Waals surface area contributed by atoms with E-state index in [1.165, 1.54) is 6.07 Å². The molecule has 96 valence electrons. The summed E-state index contributed by atoms with van der Waals surface area (Å²) < 4.78 is 38.8. The second kappa shape index (κ2) is 5.11. The Morgan fingerprint density at radius 2 is 1.65 bits per heavy atom. The van der Waals surface area contributed by atoms with Crippen LogP contribution in [-0.2, 0) is 12.6 Å². The summed E-state index contributed by atoms with van der Waals surface area (Å²) >= 11 is 0. The van der Waals surface area contributed by atoms with Crippen LogP contribution in [0, 0.1) is 5.92 Å². The molecule has 0 radical (unpaired) electrons. The fourth-order valence-corrected chi connectivity index (χ4v) is 1.95. The molecule has 0 aliphatic carbocycles. The number of rotatable bonds is 3. The van der Waals surface area contributed by atoms with Crippen LogP contribution in [0.2, 0.25) is 0 Å². The summed E-state index contributed by atoms with van der Waals surface area (Å²) in [6, 6.07) is 4.73. The second-order valence-corrected chi connectivity index (χ2v) is 5.17. The molecule has 0 fully saturated rings. The highest BCUT2D eigenvalue weighted by atomic mass is 19.4. The molecule has 17 heavy (non-hydrogen) atoms. The van der Waals surface area contributed by atoms with E-state index in [4.69, 9.17) is 0 Å². The van der Waals surface area contributed by atoms with Crippen molar-refractivity contribution in [3.8, 4) is 0 Å². The second-order valence-electron chi connectivity index (χ2n) is 5.17. The molecular weight excluding hydrogens is 225 g/mol. The van der Waals surface area contributed by atoms with Crippen LogP contribution in [-0.4, -0.2) is 0 Å². The van der Waals surface area contributed by atoms with E-state index >= 15 is 0 Å². The lowest BCUT2D eigenvalue weighted by molar-refractivity contribution is -0.138. The summed E-state index contributed by atoms with van der Waals surface area (Å²) in [4.78, 5) is 0. The zero-order valence-electron chi connectivity index (χ0n) is 10.7. The first-order valence-electron chi connectivity index (χ1n) is 5.91. The molecule has 0 spiro atoms. The largest absolute Gasteiger partial charge is 0.416 e. The molecule has 1 aromatic rings. The number of alkyl halides is 3. The normalized spacial score (nSPS) is 12.5. The Bertz CT molecular complexity index is 376. The van der Waals surface area contributed by atoms with Gasteiger partial charge in [0.25, 0.3) is 0 Å². The molecule has 0 N–H and O–H groups in total. The summed E-state index contributed by atoms with van der Waals surface area (Å²) in [5, 5.41) is 0. The van der Waals surface area contributed by atoms with Crippen molar-refractivity contribution in [3.63, 3.8) is 0 Å². The number of hydrogen-bond acceptors (Lipinski definition) is 0. The molecule has 0 heterocycles. The van der Waals surface area contributed by atoms with Gasteiger partial charge in [-0.25, -0.2) is 0 Å². The fraction of sp³-hybridized carbons (Fsp3) is 0.571. The van der Waals surface area contributed by atoms with Crippen LogP contribution < -0.4 is 0 Å². The van der Waals surface area contributed by atoms with Crippen molar-refractivity contribution in [2.75, 3.05) is 0 Å². The van der Waals surface area contributed by atoms with Crippen LogP contribution in [0.1, 0.15) is 50.3 Å². The Morgan fingerprint density at radius 3 is 2.06 bits per heavy atom. The van der Waals surface area contributed by atoms with E-state index in [-0.39, 0.29) is 5.92 Å². The van der Waals surface area contributed by atoms with Gasteiger partial charge in [-0.2, -0.15) is 13.2 Å². The average Bonchev–Trinajstić information content (AvgIpc) is 2.14. The van der Waals surface area contributed by atoms with E-state index in [0.29, 0.717) is 17.9 Å². The van der Waals surface area contributed by atoms with Gasteiger partial charge in [-0.3, -0.25) is 0 Å². The van der Waals surface area contributed by atoms with Crippen molar-refractivity contribution in [2.24, 2.45) is 5.92 Å². The Kier molecular flexibility index (Phi) is 4.23. The zero-order chi connectivity index (χ0) is 13.2. The molecule has 0 aromatic heterocycles. The quantitative estimate of drug-likeness (QED) is 0.699. The van der Waals surface area contributed by atoms with Gasteiger partial charge in [-0.05, 0) is 35.4 Å². The molecule has 0 aliphatic rings. The van der Waals surface area contributed by atoms with Crippen molar-refractivity contribution in [2.45, 2.75) is 46.2 Å². The monoisotopic (exact) mass is 244 g/mol. The van der Waals surface area contributed by atoms with Crippen molar-refractivity contribution in [3.05, 3.63) is 34.9 Å². The molecule has 1 aromatic carbocycles. The first kappa shape index (κ1) is 14.1. The van der Waals surface area contributed by atoms with Crippen LogP contribution in [0.5, 0.6) is 0 Å². The Morgan fingerprint density at radius 1 is 1.06 bits per heavy atom. The van der Waals surface area contributed by atoms with E-state index < -0.39 is 11.7 Å². The fourth-order valence-electron chi connectivity index (χ4n) is 1.95. The molecule has 0 saturated carbocycles. The van der Waals surface area contributed by atoms with Gasteiger partial charge in [0.2, 0.25) is 0 Å². The van der Waals surface area contributed by atoms with E-state index in [9.17, 15) is 13.2 Å². The SMILES string of the molecule is CC(C)Cc1ccc(C(C)C)c(C(F)(F)F)c1. The van der Waals surface area contributed by atoms with Gasteiger partial charge in [0.15, 0.2) is 0 Å². The van der Waals surface area contributed by atoms with Crippen molar-refractivity contribution >= 4 is 0 Å². The highest BCUT2D eigenvalue weighted by molar-refractivity contribution is 5.36. The average molecular weight is 244 g/mol. The highest BCUT2D eigenvalue weighted by Gasteiger charge is 2.34. The lowest BCUT2D eigenvalue weighted by atomic mass is 9.92. The zero-order valence-corrected chi connectivity index (χ0v) is 10.7. The molecule has 0 saturated heterocycles. The highest BCUT2D eigenvalue weighted by Crippen LogP contribution is 2.36. The lowest BCUT2D eigenvalue weighted by Gasteiger charge is -2.17. The van der Waals surface area contributed by atoms with Crippen molar-refractivity contribution in [1.29, 1.82) is 0 Å². The molecular formula is C14H19F3. The van der Waals surface area contributed by atoms with Crippen LogP contribution in [0.25, 0.3) is 0 Å². The maximum atomic E-state index is 12.9. The maximum Gasteiger partial charge on any atom is 0.416 e. The molecule has 0 amide bonds. The van der Waals surface area contributed by atoms with Gasteiger partial charge in [0.1, 0.15) is 0 Å². The lowest BCUT2D eigenvalue weighted by Crippen LogP contribution is -2.11. The van der Waals surface area contributed by atoms with Crippen molar-refractivity contribution < 1.29 is 13.2 Å². The summed E-state index contributed by atoms with van der Waals surface area (Å²) in [7, 11) is 0. The van der Waals surface area contributed by atoms with Gasteiger partial charge in [-0.15, -0.1) is 0 Å². The molecule has 0 aliphatic heterocycles. The summed E-state index contributed by atoms with van der Waals surface area (Å²) in [6.45, 7) is 7.58. The standard InChI is InChI=1S/C14H19F3/c1-9(2)7-11-5-6-12(10(3)4)13(8-11)14(15,16)17/h5-6,8-10H,7H2,1-4H3. The third kappa shape index (κ3) is 3.76. The van der Waals surface area contributed by atoms with Crippen LogP contribution in [0.15, 0.2) is 18.2 Å². The van der Waals surface area contributed by atoms with Gasteiger partial charge < -0.3 is 0 Å². The first-order valence-corrected chi connectivity index (χ1v) is 5.91. The number of benzene rings is 1. The molecule has 3 heteroatoms. The summed E-state index contributed by atoms with van der Waals surface area (Å²) in [6.07, 6.45) is -3.58. The molecule has 0 bridgehead atoms. The molecule has 0 unspecified atom stereocenters. The molecule has 0 nitrogen and oxygen atoms in total. The van der Waals surface area contributed by atoms with Crippen LogP contribution >= 0.6 is 0 Å². The van der Waals surface area contributed by atoms with Gasteiger partial charge >= 0.3 is 6.18 Å². The van der Waals surface area contributed by atoms with E-state index in [2.05, 4.69) is 0 Å². The minimum atomic E-state index is -4.26. The maximum absolute atomic E-state index is 12.9. The number of halogens is 3. The first-order chi connectivity index (χ1) is 7.71. The summed E-state index contributed by atoms with van der Waals surface area (Å²) in [5.74, 6) is 0.251. The Balaban J connectivity index is 3.20. The van der Waals surface area contributed by atoms with Crippen molar-refractivity contribution in [1.82, 2.24) is 0 Å². The third-order valence-corrected chi connectivity index (χ3v) is 2.69. The van der Waals surface area contributed by atoms with Gasteiger partial charge in [0, 0.05) is 0 Å². The van der Waals surface area contributed by atoms with E-state index in [1.54, 1.807) is 19.9 Å². The minimum absolute atomic E-state index is 0.111. The minimum Gasteiger partial charge on any atom is -0.166 e. The smallest absolute Gasteiger partial charge is 0.166 e. The predicted molar refractivity (Wildman–Crippen MR) is 64.1 cm³/mol. The molecule has 0 atom stereocenters. The summed E-state index contributed by atoms with van der Waals surface area (Å²) in [5.41, 5.74) is 0.660. The predicted octanol–water partition coefficient (Wildman–Crippen LogP) is 5.03. The van der Waals surface area contributed by atoms with Gasteiger partial charge in [-0.1, -0.05) is 39.8 Å². The van der Waals surface area contributed by atoms with E-state index in [1.807, 2.05) is 19.9 Å². The Labute approximate surface area is 101 Å². The molecule has 1 rings (SSSR count). The van der Waals surface area contributed by atoms with Crippen LogP contribution in [0.3, 0.4) is 0 Å². The number of hydrogen-bond donors (Lipinski definition) is 0. The third-order valence-electron chi connectivity index (χ3n) is 2.69. The van der Waals surface area contributed by atoms with Crippen LogP contribution in [0.4, 0.5) is 13.2 Å². The topological polar surface area (TPSA) is 0 Å². The van der Waals surface area contributed by atoms with E-state index in [0.717, 1.165) is 5.56 Å².